The molecule has 1 unspecified atom stereocenters. The average molecular weight is 348 g/mol. The number of allylic oxidation sites excluding steroid dienone is 9. The maximum atomic E-state index is 12.4. The van der Waals surface area contributed by atoms with Gasteiger partial charge in [0.15, 0.2) is 11.6 Å². The highest BCUT2D eigenvalue weighted by Gasteiger charge is 2.59. The van der Waals surface area contributed by atoms with Gasteiger partial charge < -0.3 is 0 Å². The summed E-state index contributed by atoms with van der Waals surface area (Å²) in [4.78, 5) is 24.1. The van der Waals surface area contributed by atoms with E-state index in [9.17, 15) is 9.59 Å². The van der Waals surface area contributed by atoms with Crippen LogP contribution in [-0.4, -0.2) is 11.6 Å². The Bertz CT molecular complexity index is 883. The Kier molecular flexibility index (Phi) is 3.85. The van der Waals surface area contributed by atoms with Crippen LogP contribution in [0.25, 0.3) is 0 Å². The molecule has 26 heavy (non-hydrogen) atoms. The van der Waals surface area contributed by atoms with E-state index >= 15 is 0 Å². The van der Waals surface area contributed by atoms with Crippen molar-refractivity contribution >= 4 is 11.6 Å². The Morgan fingerprint density at radius 3 is 2.19 bits per heavy atom. The smallest absolute Gasteiger partial charge is 0.185 e. The fraction of sp³-hybridized carbons (Fsp3) is 0.417. The van der Waals surface area contributed by atoms with E-state index in [0.717, 1.165) is 29.6 Å². The lowest BCUT2D eigenvalue weighted by molar-refractivity contribution is -0.113. The molecule has 0 aromatic heterocycles. The van der Waals surface area contributed by atoms with Crippen LogP contribution < -0.4 is 0 Å². The van der Waals surface area contributed by atoms with Crippen molar-refractivity contribution in [1.29, 1.82) is 0 Å². The van der Waals surface area contributed by atoms with Crippen molar-refractivity contribution in [2.75, 3.05) is 0 Å². The van der Waals surface area contributed by atoms with Crippen LogP contribution in [-0.2, 0) is 9.59 Å². The molecule has 0 saturated heterocycles. The fourth-order valence-corrected chi connectivity index (χ4v) is 5.13. The minimum Gasteiger partial charge on any atom is -0.295 e. The highest BCUT2D eigenvalue weighted by Crippen LogP contribution is 2.70. The third kappa shape index (κ3) is 2.46. The molecule has 2 fully saturated rings. The van der Waals surface area contributed by atoms with Crippen molar-refractivity contribution in [3.63, 3.8) is 0 Å². The molecule has 3 aliphatic carbocycles. The number of carbonyl (C=O) groups is 2. The highest BCUT2D eigenvalue weighted by atomic mass is 16.1. The molecule has 1 atom stereocenters. The zero-order chi connectivity index (χ0) is 19.7. The Morgan fingerprint density at radius 1 is 1.04 bits per heavy atom. The normalized spacial score (nSPS) is 30.5. The summed E-state index contributed by atoms with van der Waals surface area (Å²) >= 11 is 0. The van der Waals surface area contributed by atoms with Gasteiger partial charge in [-0.05, 0) is 71.1 Å². The molecule has 136 valence electrons. The second kappa shape index (κ2) is 5.39. The number of ketones is 2. The van der Waals surface area contributed by atoms with Gasteiger partial charge in [0.25, 0.3) is 0 Å². The SMILES string of the molecule is C=C1C=C2C(=CC1=O)C1(CC2(C)C)CC(C)(C)/C(=C/C(=C)C(C)=O)C1=C. The van der Waals surface area contributed by atoms with Gasteiger partial charge in [0.05, 0.1) is 0 Å². The fourth-order valence-electron chi connectivity index (χ4n) is 5.13. The van der Waals surface area contributed by atoms with Gasteiger partial charge >= 0.3 is 0 Å². The molecule has 0 bridgehead atoms. The third-order valence-electron chi connectivity index (χ3n) is 6.34. The quantitative estimate of drug-likeness (QED) is 0.622. The Labute approximate surface area is 156 Å². The number of rotatable bonds is 2. The Balaban J connectivity index is 2.19. The zero-order valence-corrected chi connectivity index (χ0v) is 16.6. The van der Waals surface area contributed by atoms with Crippen molar-refractivity contribution in [1.82, 2.24) is 0 Å². The lowest BCUT2D eigenvalue weighted by atomic mass is 9.73. The highest BCUT2D eigenvalue weighted by molar-refractivity contribution is 6.08. The summed E-state index contributed by atoms with van der Waals surface area (Å²) in [5.74, 6) is -0.0465. The van der Waals surface area contributed by atoms with Gasteiger partial charge in [-0.25, -0.2) is 0 Å². The summed E-state index contributed by atoms with van der Waals surface area (Å²) < 4.78 is 0. The largest absolute Gasteiger partial charge is 0.295 e. The first kappa shape index (κ1) is 18.6. The van der Waals surface area contributed by atoms with E-state index in [2.05, 4.69) is 47.4 Å². The minimum absolute atomic E-state index is 0.0167. The van der Waals surface area contributed by atoms with Crippen molar-refractivity contribution in [3.8, 4) is 0 Å². The second-order valence-corrected chi connectivity index (χ2v) is 9.33. The van der Waals surface area contributed by atoms with Crippen molar-refractivity contribution in [2.45, 2.75) is 47.5 Å². The van der Waals surface area contributed by atoms with Crippen LogP contribution in [0.15, 0.2) is 71.4 Å². The first-order chi connectivity index (χ1) is 11.8. The number of hydrogen-bond donors (Lipinski definition) is 0. The lowest BCUT2D eigenvalue weighted by Gasteiger charge is -2.29. The molecule has 0 amide bonds. The van der Waals surface area contributed by atoms with E-state index < -0.39 is 0 Å². The molecule has 2 saturated carbocycles. The van der Waals surface area contributed by atoms with E-state index in [1.54, 1.807) is 6.08 Å². The minimum atomic E-state index is -0.266. The molecule has 2 nitrogen and oxygen atoms in total. The van der Waals surface area contributed by atoms with Crippen LogP contribution in [0, 0.1) is 16.2 Å². The van der Waals surface area contributed by atoms with E-state index in [1.807, 2.05) is 12.2 Å². The van der Waals surface area contributed by atoms with E-state index in [0.29, 0.717) is 11.1 Å². The van der Waals surface area contributed by atoms with Gasteiger partial charge in [-0.3, -0.25) is 9.59 Å². The topological polar surface area (TPSA) is 34.1 Å². The number of carbonyl (C=O) groups excluding carboxylic acids is 2. The monoisotopic (exact) mass is 348 g/mol. The van der Waals surface area contributed by atoms with Gasteiger partial charge in [-0.2, -0.15) is 0 Å². The lowest BCUT2D eigenvalue weighted by Crippen LogP contribution is -2.21. The van der Waals surface area contributed by atoms with E-state index in [1.165, 1.54) is 12.5 Å². The van der Waals surface area contributed by atoms with Crippen LogP contribution in [0.3, 0.4) is 0 Å². The predicted molar refractivity (Wildman–Crippen MR) is 107 cm³/mol. The Morgan fingerprint density at radius 2 is 1.62 bits per heavy atom. The molecule has 0 N–H and O–H groups in total. The summed E-state index contributed by atoms with van der Waals surface area (Å²) in [5.41, 5.74) is 4.98. The molecule has 3 aliphatic rings. The number of Topliss-reactive ketones (excluding diaryl/α,β-unsaturated/α-hetero) is 1. The van der Waals surface area contributed by atoms with Gasteiger partial charge in [-0.1, -0.05) is 47.4 Å². The molecule has 0 radical (unpaired) electrons. The van der Waals surface area contributed by atoms with Crippen LogP contribution in [0.2, 0.25) is 0 Å². The molecular formula is C24H28O2. The van der Waals surface area contributed by atoms with Gasteiger partial charge in [0.2, 0.25) is 0 Å². The predicted octanol–water partition coefficient (Wildman–Crippen LogP) is 5.45. The van der Waals surface area contributed by atoms with Gasteiger partial charge in [0, 0.05) is 16.6 Å². The Hall–Kier alpha value is -2.22. The van der Waals surface area contributed by atoms with Crippen molar-refractivity contribution in [3.05, 3.63) is 71.4 Å². The molecule has 0 aromatic rings. The zero-order valence-electron chi connectivity index (χ0n) is 16.6. The van der Waals surface area contributed by atoms with Crippen LogP contribution in [0.1, 0.15) is 47.5 Å². The van der Waals surface area contributed by atoms with E-state index in [-0.39, 0.29) is 27.8 Å². The van der Waals surface area contributed by atoms with Crippen molar-refractivity contribution in [2.24, 2.45) is 16.2 Å². The average Bonchev–Trinajstić information content (AvgIpc) is 2.82. The summed E-state index contributed by atoms with van der Waals surface area (Å²) in [7, 11) is 0. The molecule has 0 heterocycles. The van der Waals surface area contributed by atoms with E-state index in [4.69, 9.17) is 0 Å². The summed E-state index contributed by atoms with van der Waals surface area (Å²) in [6, 6.07) is 0. The summed E-state index contributed by atoms with van der Waals surface area (Å²) in [5, 5.41) is 0. The van der Waals surface area contributed by atoms with Crippen LogP contribution >= 0.6 is 0 Å². The standard InChI is InChI=1S/C24H28O2/c1-14(17(4)25)9-18-16(3)24(12-22(18,5)6)13-23(7,8)19-10-15(2)21(26)11-20(19)24/h9-11H,1-3,12-13H2,4-8H3/b18-9+. The van der Waals surface area contributed by atoms with Crippen molar-refractivity contribution < 1.29 is 9.59 Å². The van der Waals surface area contributed by atoms with Gasteiger partial charge in [-0.15, -0.1) is 0 Å². The maximum Gasteiger partial charge on any atom is 0.185 e. The molecule has 2 heteroatoms. The first-order valence-electron chi connectivity index (χ1n) is 9.12. The third-order valence-corrected chi connectivity index (χ3v) is 6.34. The number of fused-ring (bicyclic) bond motifs is 2. The molecule has 0 aliphatic heterocycles. The molecule has 0 aromatic carbocycles. The first-order valence-corrected chi connectivity index (χ1v) is 9.12. The summed E-state index contributed by atoms with van der Waals surface area (Å²) in [6.07, 6.45) is 7.42. The maximum absolute atomic E-state index is 12.4. The van der Waals surface area contributed by atoms with Crippen LogP contribution in [0.5, 0.6) is 0 Å². The molecule has 3 rings (SSSR count). The molecule has 1 spiro atoms. The second-order valence-electron chi connectivity index (χ2n) is 9.33. The summed E-state index contributed by atoms with van der Waals surface area (Å²) in [6.45, 7) is 22.6. The van der Waals surface area contributed by atoms with Gasteiger partial charge in [0.1, 0.15) is 0 Å². The number of hydrogen-bond acceptors (Lipinski definition) is 2. The molecular weight excluding hydrogens is 320 g/mol. The van der Waals surface area contributed by atoms with Crippen LogP contribution in [0.4, 0.5) is 0 Å².